The molecule has 2 heterocycles. The van der Waals surface area contributed by atoms with E-state index >= 15 is 0 Å². The fourth-order valence-electron chi connectivity index (χ4n) is 6.36. The summed E-state index contributed by atoms with van der Waals surface area (Å²) in [7, 11) is 1.82. The van der Waals surface area contributed by atoms with Crippen LogP contribution in [0.15, 0.2) is 24.4 Å². The Hall–Kier alpha value is -2.37. The lowest BCUT2D eigenvalue weighted by Gasteiger charge is -2.45. The molecular weight excluding hydrogens is 388 g/mol. The number of imidazole rings is 1. The van der Waals surface area contributed by atoms with Gasteiger partial charge in [0.05, 0.1) is 12.1 Å². The number of carbonyl (C=O) groups excluding carboxylic acids is 2. The Morgan fingerprint density at radius 2 is 2.13 bits per heavy atom. The number of nitrogens with zero attached hydrogens (tertiary/aromatic N) is 3. The number of amides is 2. The van der Waals surface area contributed by atoms with Gasteiger partial charge in [-0.15, -0.1) is 0 Å². The van der Waals surface area contributed by atoms with E-state index in [2.05, 4.69) is 17.2 Å². The van der Waals surface area contributed by atoms with Crippen LogP contribution in [0.5, 0.6) is 0 Å². The predicted molar refractivity (Wildman–Crippen MR) is 120 cm³/mol. The molecule has 31 heavy (non-hydrogen) atoms. The summed E-state index contributed by atoms with van der Waals surface area (Å²) in [5, 5.41) is 3.27. The maximum Gasteiger partial charge on any atom is 0.268 e. The molecule has 4 atom stereocenters. The lowest BCUT2D eigenvalue weighted by molar-refractivity contribution is -0.129. The van der Waals surface area contributed by atoms with Crippen LogP contribution in [0.3, 0.4) is 0 Å². The number of carbonyl (C=O) groups is 2. The second kappa shape index (κ2) is 7.95. The van der Waals surface area contributed by atoms with E-state index in [1.165, 1.54) is 38.5 Å². The van der Waals surface area contributed by atoms with E-state index in [9.17, 15) is 9.59 Å². The minimum absolute atomic E-state index is 0.0432. The third kappa shape index (κ3) is 3.97. The van der Waals surface area contributed by atoms with Crippen LogP contribution in [-0.2, 0) is 11.2 Å². The van der Waals surface area contributed by atoms with Crippen molar-refractivity contribution in [3.05, 3.63) is 35.8 Å². The van der Waals surface area contributed by atoms with Crippen molar-refractivity contribution < 1.29 is 9.59 Å². The highest BCUT2D eigenvalue weighted by Gasteiger charge is 2.55. The summed E-state index contributed by atoms with van der Waals surface area (Å²) in [4.78, 5) is 31.9. The lowest BCUT2D eigenvalue weighted by Crippen LogP contribution is -2.44. The highest BCUT2D eigenvalue weighted by Crippen LogP contribution is 2.63. The average Bonchev–Trinajstić information content (AvgIpc) is 3.41. The van der Waals surface area contributed by atoms with E-state index in [0.717, 1.165) is 37.3 Å². The van der Waals surface area contributed by atoms with Gasteiger partial charge in [0.25, 0.3) is 5.91 Å². The molecule has 0 spiro atoms. The summed E-state index contributed by atoms with van der Waals surface area (Å²) in [5.41, 5.74) is 2.31. The van der Waals surface area contributed by atoms with Crippen molar-refractivity contribution in [3.63, 3.8) is 0 Å². The molecule has 0 aromatic carbocycles. The number of aromatic nitrogens is 2. The highest BCUT2D eigenvalue weighted by atomic mass is 16.2. The summed E-state index contributed by atoms with van der Waals surface area (Å²) in [6.45, 7) is 3.58. The molecule has 2 bridgehead atoms. The fourth-order valence-corrected chi connectivity index (χ4v) is 6.36. The van der Waals surface area contributed by atoms with Crippen LogP contribution in [0.4, 0.5) is 0 Å². The standard InChI is InChI=1S/C25H34N4O2/c1-3-10-28(2)23(30)12-19-15-29-21(7-4-8-22(29)27-19)24(31)26-16-25-9-5-6-17(13-25)20-11-18(20)14-25/h4,7-8,15,17-18,20H,3,5-6,9-14,16H2,1-2H3,(H,26,31). The average molecular weight is 423 g/mol. The van der Waals surface area contributed by atoms with Gasteiger partial charge < -0.3 is 10.2 Å². The SMILES string of the molecule is CCCN(C)C(=O)Cc1cn2c(C(=O)NCC34CCCC(C3)C3CC3C4)cccc2n1. The fraction of sp³-hybridized carbons (Fsp3) is 0.640. The van der Waals surface area contributed by atoms with Crippen LogP contribution in [0.2, 0.25) is 0 Å². The molecule has 3 fully saturated rings. The van der Waals surface area contributed by atoms with Crippen molar-refractivity contribution in [2.45, 2.75) is 58.3 Å². The monoisotopic (exact) mass is 422 g/mol. The Labute approximate surface area is 184 Å². The largest absolute Gasteiger partial charge is 0.350 e. The molecule has 5 rings (SSSR count). The van der Waals surface area contributed by atoms with Gasteiger partial charge in [-0.3, -0.25) is 14.0 Å². The molecule has 1 N–H and O–H groups in total. The van der Waals surface area contributed by atoms with Gasteiger partial charge in [0, 0.05) is 26.3 Å². The van der Waals surface area contributed by atoms with Crippen molar-refractivity contribution in [1.29, 1.82) is 0 Å². The maximum absolute atomic E-state index is 13.1. The first-order valence-corrected chi connectivity index (χ1v) is 12.0. The second-order valence-corrected chi connectivity index (χ2v) is 10.3. The summed E-state index contributed by atoms with van der Waals surface area (Å²) in [6, 6.07) is 5.60. The third-order valence-corrected chi connectivity index (χ3v) is 7.97. The van der Waals surface area contributed by atoms with Gasteiger partial charge in [0.1, 0.15) is 11.3 Å². The topological polar surface area (TPSA) is 66.7 Å². The van der Waals surface area contributed by atoms with Crippen LogP contribution in [-0.4, -0.2) is 46.2 Å². The van der Waals surface area contributed by atoms with E-state index in [0.29, 0.717) is 22.5 Å². The summed E-state index contributed by atoms with van der Waals surface area (Å²) < 4.78 is 1.83. The molecule has 4 unspecified atom stereocenters. The smallest absolute Gasteiger partial charge is 0.268 e. The van der Waals surface area contributed by atoms with E-state index in [4.69, 9.17) is 0 Å². The Morgan fingerprint density at radius 1 is 1.29 bits per heavy atom. The molecule has 2 aromatic heterocycles. The molecule has 6 heteroatoms. The summed E-state index contributed by atoms with van der Waals surface area (Å²) in [6.07, 6.45) is 11.0. The number of rotatable bonds is 7. The minimum Gasteiger partial charge on any atom is -0.350 e. The van der Waals surface area contributed by atoms with Gasteiger partial charge in [-0.25, -0.2) is 4.98 Å². The van der Waals surface area contributed by atoms with Gasteiger partial charge in [-0.05, 0) is 67.4 Å². The van der Waals surface area contributed by atoms with Crippen LogP contribution in [0, 0.1) is 23.2 Å². The third-order valence-electron chi connectivity index (χ3n) is 7.97. The van der Waals surface area contributed by atoms with E-state index in [-0.39, 0.29) is 18.2 Å². The number of fused-ring (bicyclic) bond motifs is 5. The van der Waals surface area contributed by atoms with Crippen molar-refractivity contribution in [2.75, 3.05) is 20.1 Å². The van der Waals surface area contributed by atoms with Crippen LogP contribution >= 0.6 is 0 Å². The number of likely N-dealkylation sites (N-methyl/N-ethyl adjacent to an activating group) is 1. The van der Waals surface area contributed by atoms with Gasteiger partial charge in [0.2, 0.25) is 5.91 Å². The second-order valence-electron chi connectivity index (χ2n) is 10.3. The molecule has 3 aliphatic rings. The van der Waals surface area contributed by atoms with E-state index < -0.39 is 0 Å². The molecule has 2 amide bonds. The van der Waals surface area contributed by atoms with Crippen molar-refractivity contribution >= 4 is 17.5 Å². The Bertz CT molecular complexity index is 999. The summed E-state index contributed by atoms with van der Waals surface area (Å²) in [5.74, 6) is 2.81. The Balaban J connectivity index is 1.29. The van der Waals surface area contributed by atoms with Crippen LogP contribution < -0.4 is 5.32 Å². The Morgan fingerprint density at radius 3 is 2.97 bits per heavy atom. The first kappa shape index (κ1) is 20.5. The van der Waals surface area contributed by atoms with E-state index in [1.54, 1.807) is 4.90 Å². The predicted octanol–water partition coefficient (Wildman–Crippen LogP) is 3.69. The van der Waals surface area contributed by atoms with Gasteiger partial charge in [-0.2, -0.15) is 0 Å². The quantitative estimate of drug-likeness (QED) is 0.740. The molecule has 0 saturated heterocycles. The zero-order valence-electron chi connectivity index (χ0n) is 18.8. The molecule has 166 valence electrons. The summed E-state index contributed by atoms with van der Waals surface area (Å²) >= 11 is 0. The zero-order valence-corrected chi connectivity index (χ0v) is 18.8. The van der Waals surface area contributed by atoms with E-state index in [1.807, 2.05) is 35.8 Å². The van der Waals surface area contributed by atoms with Gasteiger partial charge in [0.15, 0.2) is 0 Å². The highest BCUT2D eigenvalue weighted by molar-refractivity contribution is 5.93. The zero-order chi connectivity index (χ0) is 21.6. The first-order chi connectivity index (χ1) is 15.0. The van der Waals surface area contributed by atoms with Crippen LogP contribution in [0.25, 0.3) is 5.65 Å². The van der Waals surface area contributed by atoms with Gasteiger partial charge in [-0.1, -0.05) is 25.8 Å². The van der Waals surface area contributed by atoms with Crippen LogP contribution in [0.1, 0.15) is 68.1 Å². The molecule has 3 aliphatic carbocycles. The number of hydrogen-bond acceptors (Lipinski definition) is 3. The number of hydrogen-bond donors (Lipinski definition) is 1. The molecule has 3 saturated carbocycles. The first-order valence-electron chi connectivity index (χ1n) is 12.0. The number of pyridine rings is 1. The molecule has 0 radical (unpaired) electrons. The Kier molecular flexibility index (Phi) is 5.27. The molecule has 6 nitrogen and oxygen atoms in total. The van der Waals surface area contributed by atoms with Gasteiger partial charge >= 0.3 is 0 Å². The van der Waals surface area contributed by atoms with Crippen molar-refractivity contribution in [1.82, 2.24) is 19.6 Å². The molecular formula is C25H34N4O2. The normalized spacial score (nSPS) is 28.8. The maximum atomic E-state index is 13.1. The van der Waals surface area contributed by atoms with Crippen molar-refractivity contribution in [3.8, 4) is 0 Å². The molecule has 0 aliphatic heterocycles. The van der Waals surface area contributed by atoms with Crippen molar-refractivity contribution in [2.24, 2.45) is 23.2 Å². The molecule has 2 aromatic rings. The minimum atomic E-state index is -0.0432. The number of nitrogens with one attached hydrogen (secondary N) is 1. The lowest BCUT2D eigenvalue weighted by atomic mass is 9.62.